The molecular formula is C9H8F4O. The van der Waals surface area contributed by atoms with Gasteiger partial charge in [-0.15, -0.1) is 0 Å². The van der Waals surface area contributed by atoms with Crippen molar-refractivity contribution in [2.75, 3.05) is 0 Å². The van der Waals surface area contributed by atoms with E-state index >= 15 is 0 Å². The van der Waals surface area contributed by atoms with Crippen LogP contribution in [0.15, 0.2) is 18.2 Å². The number of hydrogen-bond acceptors (Lipinski definition) is 1. The molecule has 1 aromatic rings. The largest absolute Gasteiger partial charge is 0.418 e. The molecule has 14 heavy (non-hydrogen) atoms. The maximum Gasteiger partial charge on any atom is 0.418 e. The standard InChI is InChI=1S/C9H8F4O/c1-5-4-6(10)2-3-7(5)8(14)9(11,12)13/h2-4,8,14H,1H3/t8-/m1/s1. The van der Waals surface area contributed by atoms with Crippen molar-refractivity contribution in [1.82, 2.24) is 0 Å². The normalized spacial score (nSPS) is 14.1. The zero-order valence-corrected chi connectivity index (χ0v) is 7.27. The van der Waals surface area contributed by atoms with Gasteiger partial charge in [-0.3, -0.25) is 0 Å². The highest BCUT2D eigenvalue weighted by Gasteiger charge is 2.39. The molecule has 1 N–H and O–H groups in total. The first-order chi connectivity index (χ1) is 6.32. The summed E-state index contributed by atoms with van der Waals surface area (Å²) in [5.74, 6) is -0.624. The predicted octanol–water partition coefficient (Wildman–Crippen LogP) is 2.73. The second-order valence-electron chi connectivity index (χ2n) is 2.95. The van der Waals surface area contributed by atoms with Gasteiger partial charge in [0.15, 0.2) is 6.10 Å². The Morgan fingerprint density at radius 2 is 1.86 bits per heavy atom. The van der Waals surface area contributed by atoms with Crippen molar-refractivity contribution in [1.29, 1.82) is 0 Å². The predicted molar refractivity (Wildman–Crippen MR) is 42.2 cm³/mol. The Bertz CT molecular complexity index is 332. The van der Waals surface area contributed by atoms with Crippen molar-refractivity contribution in [3.05, 3.63) is 35.1 Å². The van der Waals surface area contributed by atoms with Gasteiger partial charge >= 0.3 is 6.18 Å². The minimum atomic E-state index is -4.72. The zero-order chi connectivity index (χ0) is 10.9. The van der Waals surface area contributed by atoms with Gasteiger partial charge in [0.05, 0.1) is 0 Å². The van der Waals surface area contributed by atoms with Crippen LogP contribution in [-0.2, 0) is 0 Å². The van der Waals surface area contributed by atoms with Crippen LogP contribution in [0.1, 0.15) is 17.2 Å². The van der Waals surface area contributed by atoms with Crippen molar-refractivity contribution in [2.24, 2.45) is 0 Å². The van der Waals surface area contributed by atoms with Crippen molar-refractivity contribution in [2.45, 2.75) is 19.2 Å². The van der Waals surface area contributed by atoms with Gasteiger partial charge in [0.25, 0.3) is 0 Å². The Balaban J connectivity index is 3.08. The van der Waals surface area contributed by atoms with Crippen LogP contribution >= 0.6 is 0 Å². The number of rotatable bonds is 1. The van der Waals surface area contributed by atoms with Gasteiger partial charge < -0.3 is 5.11 Å². The summed E-state index contributed by atoms with van der Waals surface area (Å²) in [6.45, 7) is 1.31. The topological polar surface area (TPSA) is 20.2 Å². The first-order valence-electron chi connectivity index (χ1n) is 3.83. The molecule has 0 radical (unpaired) electrons. The molecule has 0 heterocycles. The summed E-state index contributed by atoms with van der Waals surface area (Å²) in [7, 11) is 0. The lowest BCUT2D eigenvalue weighted by Gasteiger charge is -2.16. The van der Waals surface area contributed by atoms with E-state index in [0.29, 0.717) is 0 Å². The summed E-state index contributed by atoms with van der Waals surface area (Å²) in [6.07, 6.45) is -7.27. The van der Waals surface area contributed by atoms with E-state index in [1.165, 1.54) is 6.92 Å². The van der Waals surface area contributed by atoms with Crippen LogP contribution < -0.4 is 0 Å². The van der Waals surface area contributed by atoms with E-state index < -0.39 is 18.1 Å². The van der Waals surface area contributed by atoms with E-state index in [1.807, 2.05) is 0 Å². The first kappa shape index (κ1) is 11.0. The highest BCUT2D eigenvalue weighted by Crippen LogP contribution is 2.33. The SMILES string of the molecule is Cc1cc(F)ccc1[C@@H](O)C(F)(F)F. The summed E-state index contributed by atoms with van der Waals surface area (Å²) >= 11 is 0. The molecule has 0 saturated heterocycles. The van der Waals surface area contributed by atoms with Crippen LogP contribution in [0.3, 0.4) is 0 Å². The monoisotopic (exact) mass is 208 g/mol. The highest BCUT2D eigenvalue weighted by atomic mass is 19.4. The van der Waals surface area contributed by atoms with Crippen LogP contribution in [0.5, 0.6) is 0 Å². The fourth-order valence-electron chi connectivity index (χ4n) is 1.12. The number of alkyl halides is 3. The molecule has 78 valence electrons. The van der Waals surface area contributed by atoms with Crippen molar-refractivity contribution >= 4 is 0 Å². The summed E-state index contributed by atoms with van der Waals surface area (Å²) in [4.78, 5) is 0. The molecule has 1 rings (SSSR count). The molecule has 1 nitrogen and oxygen atoms in total. The summed E-state index contributed by atoms with van der Waals surface area (Å²) < 4.78 is 48.8. The van der Waals surface area contributed by atoms with Crippen LogP contribution in [-0.4, -0.2) is 11.3 Å². The molecule has 1 atom stereocenters. The highest BCUT2D eigenvalue weighted by molar-refractivity contribution is 5.29. The van der Waals surface area contributed by atoms with Crippen LogP contribution in [0.4, 0.5) is 17.6 Å². The van der Waals surface area contributed by atoms with Crippen molar-refractivity contribution < 1.29 is 22.7 Å². The molecule has 0 saturated carbocycles. The number of benzene rings is 1. The quantitative estimate of drug-likeness (QED) is 0.703. The number of aryl methyl sites for hydroxylation is 1. The molecule has 0 unspecified atom stereocenters. The number of hydrogen-bond donors (Lipinski definition) is 1. The Morgan fingerprint density at radius 3 is 2.29 bits per heavy atom. The minimum absolute atomic E-state index is 0.0785. The third-order valence-electron chi connectivity index (χ3n) is 1.84. The van der Waals surface area contributed by atoms with Gasteiger partial charge in [0, 0.05) is 0 Å². The lowest BCUT2D eigenvalue weighted by Crippen LogP contribution is -2.21. The van der Waals surface area contributed by atoms with E-state index in [9.17, 15) is 17.6 Å². The zero-order valence-electron chi connectivity index (χ0n) is 7.27. The molecule has 1 aromatic carbocycles. The molecule has 0 aromatic heterocycles. The average Bonchev–Trinajstić information content (AvgIpc) is 2.01. The van der Waals surface area contributed by atoms with Crippen LogP contribution in [0.25, 0.3) is 0 Å². The van der Waals surface area contributed by atoms with E-state index in [2.05, 4.69) is 0 Å². The van der Waals surface area contributed by atoms with Gasteiger partial charge in [-0.1, -0.05) is 6.07 Å². The van der Waals surface area contributed by atoms with E-state index in [0.717, 1.165) is 18.2 Å². The third-order valence-corrected chi connectivity index (χ3v) is 1.84. The smallest absolute Gasteiger partial charge is 0.379 e. The van der Waals surface area contributed by atoms with Crippen LogP contribution in [0.2, 0.25) is 0 Å². The molecular weight excluding hydrogens is 200 g/mol. The lowest BCUT2D eigenvalue weighted by molar-refractivity contribution is -0.207. The molecule has 0 amide bonds. The molecule has 0 aliphatic carbocycles. The Morgan fingerprint density at radius 1 is 1.29 bits per heavy atom. The maximum atomic E-state index is 12.5. The number of aliphatic hydroxyl groups excluding tert-OH is 1. The molecule has 5 heteroatoms. The average molecular weight is 208 g/mol. The van der Waals surface area contributed by atoms with Gasteiger partial charge in [0.2, 0.25) is 0 Å². The Kier molecular flexibility index (Phi) is 2.80. The minimum Gasteiger partial charge on any atom is -0.379 e. The van der Waals surface area contributed by atoms with Gasteiger partial charge in [-0.2, -0.15) is 13.2 Å². The second-order valence-corrected chi connectivity index (χ2v) is 2.95. The molecule has 0 aliphatic heterocycles. The van der Waals surface area contributed by atoms with Crippen molar-refractivity contribution in [3.63, 3.8) is 0 Å². The lowest BCUT2D eigenvalue weighted by atomic mass is 10.0. The van der Waals surface area contributed by atoms with Crippen molar-refractivity contribution in [3.8, 4) is 0 Å². The van der Waals surface area contributed by atoms with Gasteiger partial charge in [-0.05, 0) is 30.2 Å². The van der Waals surface area contributed by atoms with E-state index in [1.54, 1.807) is 0 Å². The molecule has 0 aliphatic rings. The fourth-order valence-corrected chi connectivity index (χ4v) is 1.12. The number of halogens is 4. The summed E-state index contributed by atoms with van der Waals surface area (Å²) in [5, 5.41) is 8.88. The van der Waals surface area contributed by atoms with Crippen LogP contribution in [0, 0.1) is 12.7 Å². The fraction of sp³-hybridized carbons (Fsp3) is 0.333. The summed E-state index contributed by atoms with van der Waals surface area (Å²) in [5.41, 5.74) is -0.242. The second kappa shape index (κ2) is 3.57. The molecule has 0 spiro atoms. The third kappa shape index (κ3) is 2.23. The van der Waals surface area contributed by atoms with Gasteiger partial charge in [0.1, 0.15) is 5.82 Å². The van der Waals surface area contributed by atoms with Gasteiger partial charge in [-0.25, -0.2) is 4.39 Å². The van der Waals surface area contributed by atoms with E-state index in [4.69, 9.17) is 5.11 Å². The number of aliphatic hydroxyl groups is 1. The first-order valence-corrected chi connectivity index (χ1v) is 3.83. The molecule has 0 bridgehead atoms. The Hall–Kier alpha value is -1.10. The van der Waals surface area contributed by atoms with E-state index in [-0.39, 0.29) is 11.1 Å². The maximum absolute atomic E-state index is 12.5. The molecule has 0 fully saturated rings. The summed E-state index contributed by atoms with van der Waals surface area (Å²) in [6, 6.07) is 2.77. The Labute approximate surface area is 78.0 Å².